The molecule has 3 atom stereocenters. The van der Waals surface area contributed by atoms with E-state index in [1.165, 1.54) is 29.7 Å². The number of anilines is 1. The van der Waals surface area contributed by atoms with Gasteiger partial charge in [0, 0.05) is 30.7 Å². The van der Waals surface area contributed by atoms with Gasteiger partial charge in [-0.05, 0) is 57.2 Å². The highest BCUT2D eigenvalue weighted by Crippen LogP contribution is 2.34. The number of likely N-dealkylation sites (N-methyl/N-ethyl adjacent to an activating group) is 1. The van der Waals surface area contributed by atoms with E-state index in [9.17, 15) is 4.79 Å². The van der Waals surface area contributed by atoms with E-state index in [1.807, 2.05) is 7.05 Å². The van der Waals surface area contributed by atoms with Crippen molar-refractivity contribution in [1.82, 2.24) is 10.6 Å². The number of carbonyl (C=O) groups is 1. The third kappa shape index (κ3) is 3.04. The highest BCUT2D eigenvalue weighted by molar-refractivity contribution is 5.89. The van der Waals surface area contributed by atoms with Gasteiger partial charge in [-0.25, -0.2) is 0 Å². The molecule has 1 fully saturated rings. The van der Waals surface area contributed by atoms with Gasteiger partial charge in [0.15, 0.2) is 0 Å². The Kier molecular flexibility index (Phi) is 4.60. The molecule has 132 valence electrons. The molecule has 0 spiro atoms. The summed E-state index contributed by atoms with van der Waals surface area (Å²) in [5, 5.41) is 6.95. The lowest BCUT2D eigenvalue weighted by Crippen LogP contribution is -2.63. The third-order valence-corrected chi connectivity index (χ3v) is 5.85. The van der Waals surface area contributed by atoms with Gasteiger partial charge in [0.1, 0.15) is 6.04 Å². The average Bonchev–Trinajstić information content (AvgIpc) is 2.85. The van der Waals surface area contributed by atoms with Crippen LogP contribution >= 0.6 is 0 Å². The minimum absolute atomic E-state index is 0.112. The Hall–Kier alpha value is -1.55. The molecule has 1 aromatic rings. The summed E-state index contributed by atoms with van der Waals surface area (Å²) >= 11 is 0. The molecule has 0 radical (unpaired) electrons. The zero-order valence-electron chi connectivity index (χ0n) is 15.6. The fourth-order valence-corrected chi connectivity index (χ4v) is 4.65. The minimum Gasteiger partial charge on any atom is -0.362 e. The van der Waals surface area contributed by atoms with Crippen LogP contribution in [0, 0.1) is 12.8 Å². The lowest BCUT2D eigenvalue weighted by atomic mass is 9.80. The van der Waals surface area contributed by atoms with Crippen LogP contribution < -0.4 is 15.5 Å². The number of para-hydroxylation sites is 1. The predicted molar refractivity (Wildman–Crippen MR) is 99.5 cm³/mol. The van der Waals surface area contributed by atoms with Gasteiger partial charge in [0.05, 0.1) is 0 Å². The van der Waals surface area contributed by atoms with E-state index in [1.54, 1.807) is 0 Å². The quantitative estimate of drug-likeness (QED) is 0.896. The summed E-state index contributed by atoms with van der Waals surface area (Å²) in [6.07, 6.45) is 3.25. The highest BCUT2D eigenvalue weighted by atomic mass is 16.2. The predicted octanol–water partition coefficient (Wildman–Crippen LogP) is 2.64. The normalized spacial score (nSPS) is 27.0. The summed E-state index contributed by atoms with van der Waals surface area (Å²) in [6, 6.07) is 6.56. The van der Waals surface area contributed by atoms with Gasteiger partial charge in [0.2, 0.25) is 5.91 Å². The molecule has 0 bridgehead atoms. The summed E-state index contributed by atoms with van der Waals surface area (Å²) in [5.74, 6) is 0.715. The van der Waals surface area contributed by atoms with Crippen molar-refractivity contribution in [1.29, 1.82) is 0 Å². The van der Waals surface area contributed by atoms with Gasteiger partial charge in [0.25, 0.3) is 0 Å². The van der Waals surface area contributed by atoms with Crippen LogP contribution in [0.5, 0.6) is 0 Å². The molecule has 3 unspecified atom stereocenters. The molecule has 1 aromatic carbocycles. The molecule has 0 aromatic heterocycles. The summed E-state index contributed by atoms with van der Waals surface area (Å²) in [4.78, 5) is 15.2. The molecule has 2 heterocycles. The molecule has 4 heteroatoms. The Labute approximate surface area is 146 Å². The maximum atomic E-state index is 13.0. The molecule has 3 rings (SSSR count). The molecule has 0 saturated carbocycles. The minimum atomic E-state index is -0.248. The van der Waals surface area contributed by atoms with Crippen LogP contribution in [0.25, 0.3) is 0 Å². The molecular formula is C20H31N3O. The maximum Gasteiger partial charge on any atom is 0.243 e. The van der Waals surface area contributed by atoms with E-state index in [0.717, 1.165) is 13.0 Å². The number of rotatable bonds is 3. The first-order valence-corrected chi connectivity index (χ1v) is 9.18. The second-order valence-electron chi connectivity index (χ2n) is 8.18. The number of hydrogen-bond donors (Lipinski definition) is 2. The van der Waals surface area contributed by atoms with E-state index in [2.05, 4.69) is 61.4 Å². The van der Waals surface area contributed by atoms with Gasteiger partial charge >= 0.3 is 0 Å². The first-order chi connectivity index (χ1) is 11.3. The van der Waals surface area contributed by atoms with Crippen molar-refractivity contribution < 1.29 is 4.79 Å². The zero-order chi connectivity index (χ0) is 17.5. The second kappa shape index (κ2) is 6.40. The highest BCUT2D eigenvalue weighted by Gasteiger charge is 2.40. The van der Waals surface area contributed by atoms with Gasteiger partial charge < -0.3 is 15.5 Å². The van der Waals surface area contributed by atoms with E-state index >= 15 is 0 Å². The molecule has 2 aliphatic rings. The van der Waals surface area contributed by atoms with Gasteiger partial charge in [-0.15, -0.1) is 0 Å². The Morgan fingerprint density at radius 3 is 2.79 bits per heavy atom. The fourth-order valence-electron chi connectivity index (χ4n) is 4.65. The third-order valence-electron chi connectivity index (χ3n) is 5.85. The Balaban J connectivity index is 1.73. The van der Waals surface area contributed by atoms with Crippen molar-refractivity contribution in [2.45, 2.75) is 64.6 Å². The number of benzene rings is 1. The molecule has 4 nitrogen and oxygen atoms in total. The summed E-state index contributed by atoms with van der Waals surface area (Å²) in [7, 11) is 2.04. The standard InChI is InChI=1S/C20H31N3O/c1-13-8-6-10-15-12-16(23(5)17(13)15)19(24)22-20(3,4)18-14(2)9-7-11-21-18/h6,8,10,14,16,18,21H,7,9,11-12H2,1-5H3,(H,22,24). The number of carbonyl (C=O) groups excluding carboxylic acids is 1. The van der Waals surface area contributed by atoms with E-state index < -0.39 is 0 Å². The number of nitrogens with one attached hydrogen (secondary N) is 2. The van der Waals surface area contributed by atoms with Crippen LogP contribution in [0.15, 0.2) is 18.2 Å². The second-order valence-corrected chi connectivity index (χ2v) is 8.18. The van der Waals surface area contributed by atoms with Crippen molar-refractivity contribution in [2.24, 2.45) is 5.92 Å². The molecule has 1 amide bonds. The van der Waals surface area contributed by atoms with Gasteiger partial charge in [-0.2, -0.15) is 0 Å². The van der Waals surface area contributed by atoms with Crippen LogP contribution in [-0.4, -0.2) is 37.1 Å². The van der Waals surface area contributed by atoms with Gasteiger partial charge in [-0.1, -0.05) is 25.1 Å². The first-order valence-electron chi connectivity index (χ1n) is 9.18. The summed E-state index contributed by atoms with van der Waals surface area (Å²) in [5.41, 5.74) is 3.49. The number of hydrogen-bond acceptors (Lipinski definition) is 3. The lowest BCUT2D eigenvalue weighted by molar-refractivity contribution is -0.124. The lowest BCUT2D eigenvalue weighted by Gasteiger charge is -2.43. The SMILES string of the molecule is Cc1cccc2c1N(C)C(C(=O)NC(C)(C)C1NCCCC1C)C2. The van der Waals surface area contributed by atoms with Crippen molar-refractivity contribution in [3.05, 3.63) is 29.3 Å². The van der Waals surface area contributed by atoms with Crippen molar-refractivity contribution in [3.8, 4) is 0 Å². The van der Waals surface area contributed by atoms with Crippen LogP contribution in [0.3, 0.4) is 0 Å². The first kappa shape index (κ1) is 17.3. The molecular weight excluding hydrogens is 298 g/mol. The number of piperidine rings is 1. The number of aryl methyl sites for hydroxylation is 1. The molecule has 24 heavy (non-hydrogen) atoms. The van der Waals surface area contributed by atoms with Crippen LogP contribution in [0.1, 0.15) is 44.7 Å². The molecule has 2 N–H and O–H groups in total. The van der Waals surface area contributed by atoms with Crippen LogP contribution in [0.2, 0.25) is 0 Å². The van der Waals surface area contributed by atoms with Crippen LogP contribution in [-0.2, 0) is 11.2 Å². The van der Waals surface area contributed by atoms with E-state index in [0.29, 0.717) is 12.0 Å². The number of nitrogens with zero attached hydrogens (tertiary/aromatic N) is 1. The summed E-state index contributed by atoms with van der Waals surface area (Å²) in [6.45, 7) is 9.75. The Bertz CT molecular complexity index is 625. The van der Waals surface area contributed by atoms with Crippen molar-refractivity contribution in [3.63, 3.8) is 0 Å². The van der Waals surface area contributed by atoms with Gasteiger partial charge in [-0.3, -0.25) is 4.79 Å². The summed E-state index contributed by atoms with van der Waals surface area (Å²) < 4.78 is 0. The fraction of sp³-hybridized carbons (Fsp3) is 0.650. The Morgan fingerprint density at radius 2 is 2.12 bits per heavy atom. The molecule has 2 aliphatic heterocycles. The average molecular weight is 329 g/mol. The Morgan fingerprint density at radius 1 is 1.38 bits per heavy atom. The van der Waals surface area contributed by atoms with Crippen molar-refractivity contribution >= 4 is 11.6 Å². The van der Waals surface area contributed by atoms with E-state index in [-0.39, 0.29) is 17.5 Å². The largest absolute Gasteiger partial charge is 0.362 e. The van der Waals surface area contributed by atoms with Crippen molar-refractivity contribution in [2.75, 3.05) is 18.5 Å². The van der Waals surface area contributed by atoms with E-state index in [4.69, 9.17) is 0 Å². The monoisotopic (exact) mass is 329 g/mol. The smallest absolute Gasteiger partial charge is 0.243 e. The zero-order valence-corrected chi connectivity index (χ0v) is 15.6. The number of amides is 1. The molecule has 0 aliphatic carbocycles. The maximum absolute atomic E-state index is 13.0. The number of fused-ring (bicyclic) bond motifs is 1. The topological polar surface area (TPSA) is 44.4 Å². The molecule has 1 saturated heterocycles. The van der Waals surface area contributed by atoms with Crippen LogP contribution in [0.4, 0.5) is 5.69 Å².